The summed E-state index contributed by atoms with van der Waals surface area (Å²) in [6.07, 6.45) is 2.44. The van der Waals surface area contributed by atoms with E-state index < -0.39 is 0 Å². The van der Waals surface area contributed by atoms with E-state index in [4.69, 9.17) is 9.15 Å². The number of aromatic nitrogens is 1. The fourth-order valence-corrected chi connectivity index (χ4v) is 2.72. The van der Waals surface area contributed by atoms with Crippen molar-refractivity contribution in [3.63, 3.8) is 0 Å². The topological polar surface area (TPSA) is 67.6 Å². The van der Waals surface area contributed by atoms with Crippen molar-refractivity contribution in [2.75, 3.05) is 6.61 Å². The average molecular weight is 373 g/mol. The molecule has 0 aliphatic heterocycles. The number of amides is 1. The summed E-state index contributed by atoms with van der Waals surface area (Å²) < 4.78 is 11.1. The molecule has 0 radical (unpaired) electrons. The molecule has 2 rings (SSSR count). The summed E-state index contributed by atoms with van der Waals surface area (Å²) in [4.78, 5) is 18.7. The van der Waals surface area contributed by atoms with Gasteiger partial charge in [-0.3, -0.25) is 9.69 Å². The first-order valence-electron chi connectivity index (χ1n) is 9.63. The molecule has 0 unspecified atom stereocenters. The lowest BCUT2D eigenvalue weighted by Gasteiger charge is -2.27. The van der Waals surface area contributed by atoms with Gasteiger partial charge in [0.05, 0.1) is 13.2 Å². The van der Waals surface area contributed by atoms with E-state index in [1.54, 1.807) is 0 Å². The third-order valence-electron chi connectivity index (χ3n) is 4.38. The van der Waals surface area contributed by atoms with E-state index in [0.717, 1.165) is 18.7 Å². The monoisotopic (exact) mass is 373 g/mol. The standard InChI is InChI=1S/C21H31N3O3/c1-6-16(5)24(12-17-8-10-18(11-9-17)26-7-2)13-20-23-19(14-27-20)21(25)22-15(3)4/h8-11,14-16H,6-7,12-13H2,1-5H3,(H,22,25)/t16-/m1/s1. The Morgan fingerprint density at radius 3 is 2.48 bits per heavy atom. The maximum Gasteiger partial charge on any atom is 0.273 e. The second kappa shape index (κ2) is 10.1. The molecule has 1 N–H and O–H groups in total. The molecule has 1 amide bonds. The van der Waals surface area contributed by atoms with Crippen molar-refractivity contribution in [2.45, 2.75) is 66.2 Å². The first-order chi connectivity index (χ1) is 12.9. The van der Waals surface area contributed by atoms with Crippen LogP contribution < -0.4 is 10.1 Å². The molecule has 0 fully saturated rings. The molecule has 6 heteroatoms. The Labute approximate surface area is 161 Å². The van der Waals surface area contributed by atoms with E-state index in [1.165, 1.54) is 11.8 Å². The van der Waals surface area contributed by atoms with Crippen LogP contribution in [0.2, 0.25) is 0 Å². The van der Waals surface area contributed by atoms with Crippen LogP contribution in [0.15, 0.2) is 34.9 Å². The Morgan fingerprint density at radius 1 is 1.19 bits per heavy atom. The quantitative estimate of drug-likeness (QED) is 0.681. The van der Waals surface area contributed by atoms with Crippen LogP contribution in [-0.2, 0) is 13.1 Å². The van der Waals surface area contributed by atoms with Crippen LogP contribution in [0, 0.1) is 0 Å². The zero-order valence-corrected chi connectivity index (χ0v) is 17.0. The van der Waals surface area contributed by atoms with Gasteiger partial charge < -0.3 is 14.5 Å². The van der Waals surface area contributed by atoms with Gasteiger partial charge in [-0.05, 0) is 51.8 Å². The Hall–Kier alpha value is -2.34. The zero-order chi connectivity index (χ0) is 19.8. The minimum absolute atomic E-state index is 0.0638. The molecule has 1 heterocycles. The maximum absolute atomic E-state index is 12.1. The number of ether oxygens (including phenoxy) is 1. The molecule has 0 aliphatic carbocycles. The summed E-state index contributed by atoms with van der Waals surface area (Å²) in [5.74, 6) is 1.22. The van der Waals surface area contributed by atoms with Crippen LogP contribution in [0.1, 0.15) is 63.0 Å². The summed E-state index contributed by atoms with van der Waals surface area (Å²) >= 11 is 0. The van der Waals surface area contributed by atoms with Gasteiger partial charge in [-0.2, -0.15) is 0 Å². The van der Waals surface area contributed by atoms with Gasteiger partial charge in [0.2, 0.25) is 5.89 Å². The van der Waals surface area contributed by atoms with Gasteiger partial charge in [-0.25, -0.2) is 4.98 Å². The number of hydrogen-bond acceptors (Lipinski definition) is 5. The number of carbonyl (C=O) groups excluding carboxylic acids is 1. The van der Waals surface area contributed by atoms with E-state index in [1.807, 2.05) is 32.9 Å². The number of hydrogen-bond donors (Lipinski definition) is 1. The van der Waals surface area contributed by atoms with Gasteiger partial charge in [-0.1, -0.05) is 19.1 Å². The molecule has 0 saturated carbocycles. The summed E-state index contributed by atoms with van der Waals surface area (Å²) in [6.45, 7) is 12.1. The number of nitrogens with zero attached hydrogens (tertiary/aromatic N) is 2. The summed E-state index contributed by atoms with van der Waals surface area (Å²) in [5, 5.41) is 2.83. The van der Waals surface area contributed by atoms with E-state index in [2.05, 4.69) is 41.2 Å². The number of carbonyl (C=O) groups is 1. The largest absolute Gasteiger partial charge is 0.494 e. The lowest BCUT2D eigenvalue weighted by molar-refractivity contribution is 0.0938. The van der Waals surface area contributed by atoms with Crippen LogP contribution in [0.5, 0.6) is 5.75 Å². The van der Waals surface area contributed by atoms with Crippen LogP contribution >= 0.6 is 0 Å². The van der Waals surface area contributed by atoms with E-state index in [0.29, 0.717) is 30.8 Å². The lowest BCUT2D eigenvalue weighted by Crippen LogP contribution is -2.32. The molecule has 2 aromatic rings. The number of nitrogens with one attached hydrogen (secondary N) is 1. The highest BCUT2D eigenvalue weighted by molar-refractivity contribution is 5.92. The summed E-state index contributed by atoms with van der Waals surface area (Å²) in [7, 11) is 0. The van der Waals surface area contributed by atoms with Crippen LogP contribution in [0.4, 0.5) is 0 Å². The second-order valence-corrected chi connectivity index (χ2v) is 6.99. The minimum Gasteiger partial charge on any atom is -0.494 e. The predicted molar refractivity (Wildman–Crippen MR) is 106 cm³/mol. The lowest BCUT2D eigenvalue weighted by atomic mass is 10.1. The molecule has 1 aromatic carbocycles. The highest BCUT2D eigenvalue weighted by Crippen LogP contribution is 2.18. The highest BCUT2D eigenvalue weighted by atomic mass is 16.5. The zero-order valence-electron chi connectivity index (χ0n) is 17.0. The van der Waals surface area contributed by atoms with Crippen LogP contribution in [-0.4, -0.2) is 34.5 Å². The van der Waals surface area contributed by atoms with E-state index in [9.17, 15) is 4.79 Å². The average Bonchev–Trinajstić information content (AvgIpc) is 3.10. The minimum atomic E-state index is -0.207. The van der Waals surface area contributed by atoms with Crippen molar-refractivity contribution in [1.82, 2.24) is 15.2 Å². The Balaban J connectivity index is 2.06. The molecular formula is C21H31N3O3. The van der Waals surface area contributed by atoms with E-state index in [-0.39, 0.29) is 11.9 Å². The van der Waals surface area contributed by atoms with Crippen molar-refractivity contribution in [2.24, 2.45) is 0 Å². The van der Waals surface area contributed by atoms with Gasteiger partial charge >= 0.3 is 0 Å². The first-order valence-corrected chi connectivity index (χ1v) is 9.63. The molecule has 27 heavy (non-hydrogen) atoms. The van der Waals surface area contributed by atoms with Crippen LogP contribution in [0.25, 0.3) is 0 Å². The maximum atomic E-state index is 12.1. The summed E-state index contributed by atoms with van der Waals surface area (Å²) in [6, 6.07) is 8.57. The molecular weight excluding hydrogens is 342 g/mol. The molecule has 0 aliphatic rings. The second-order valence-electron chi connectivity index (χ2n) is 6.99. The molecule has 1 atom stereocenters. The first kappa shape index (κ1) is 21.0. The van der Waals surface area contributed by atoms with Gasteiger partial charge in [0.15, 0.2) is 5.69 Å². The number of rotatable bonds is 10. The Bertz CT molecular complexity index is 710. The SMILES string of the molecule is CCOc1ccc(CN(Cc2nc(C(=O)NC(C)C)co2)[C@H](C)CC)cc1. The van der Waals surface area contributed by atoms with Gasteiger partial charge in [-0.15, -0.1) is 0 Å². The predicted octanol–water partition coefficient (Wildman–Crippen LogP) is 4.01. The number of oxazole rings is 1. The molecule has 0 bridgehead atoms. The highest BCUT2D eigenvalue weighted by Gasteiger charge is 2.18. The van der Waals surface area contributed by atoms with Crippen molar-refractivity contribution in [3.8, 4) is 5.75 Å². The van der Waals surface area contributed by atoms with Crippen molar-refractivity contribution in [1.29, 1.82) is 0 Å². The van der Waals surface area contributed by atoms with Gasteiger partial charge in [0.25, 0.3) is 5.91 Å². The fourth-order valence-electron chi connectivity index (χ4n) is 2.72. The smallest absolute Gasteiger partial charge is 0.273 e. The van der Waals surface area contributed by atoms with Crippen molar-refractivity contribution >= 4 is 5.91 Å². The molecule has 1 aromatic heterocycles. The van der Waals surface area contributed by atoms with Crippen LogP contribution in [0.3, 0.4) is 0 Å². The Morgan fingerprint density at radius 2 is 1.89 bits per heavy atom. The van der Waals surface area contributed by atoms with Crippen molar-refractivity contribution < 1.29 is 13.9 Å². The normalized spacial score (nSPS) is 12.4. The molecule has 148 valence electrons. The molecule has 6 nitrogen and oxygen atoms in total. The van der Waals surface area contributed by atoms with E-state index >= 15 is 0 Å². The molecule has 0 saturated heterocycles. The van der Waals surface area contributed by atoms with Gasteiger partial charge in [0, 0.05) is 18.6 Å². The molecule has 0 spiro atoms. The van der Waals surface area contributed by atoms with Crippen molar-refractivity contribution in [3.05, 3.63) is 47.7 Å². The fraction of sp³-hybridized carbons (Fsp3) is 0.524. The Kier molecular flexibility index (Phi) is 7.85. The third kappa shape index (κ3) is 6.40. The third-order valence-corrected chi connectivity index (χ3v) is 4.38. The van der Waals surface area contributed by atoms with Gasteiger partial charge in [0.1, 0.15) is 12.0 Å². The summed E-state index contributed by atoms with van der Waals surface area (Å²) in [5.41, 5.74) is 1.52. The number of benzene rings is 1.